The Labute approximate surface area is 116 Å². The van der Waals surface area contributed by atoms with E-state index in [0.29, 0.717) is 5.69 Å². The number of aryl methyl sites for hydroxylation is 1. The van der Waals surface area contributed by atoms with Crippen LogP contribution in [0.2, 0.25) is 5.28 Å². The second-order valence-corrected chi connectivity index (χ2v) is 4.29. The Morgan fingerprint density at radius 3 is 2.53 bits per heavy atom. The Morgan fingerprint density at radius 1 is 1.26 bits per heavy atom. The summed E-state index contributed by atoms with van der Waals surface area (Å²) in [7, 11) is 1.30. The van der Waals surface area contributed by atoms with Crippen LogP contribution in [0.25, 0.3) is 11.3 Å². The standard InChI is InChI=1S/C14H13ClN2O2/c1-3-9-4-6-10(7-5-9)11-8-12(13(18)19-2)17-14(15)16-11/h4-8H,3H2,1-2H3. The number of carbonyl (C=O) groups excluding carboxylic acids is 1. The Hall–Kier alpha value is -1.94. The molecule has 0 radical (unpaired) electrons. The third-order valence-corrected chi connectivity index (χ3v) is 2.92. The van der Waals surface area contributed by atoms with Gasteiger partial charge in [0.25, 0.3) is 0 Å². The number of hydrogen-bond acceptors (Lipinski definition) is 4. The number of halogens is 1. The smallest absolute Gasteiger partial charge is 0.356 e. The summed E-state index contributed by atoms with van der Waals surface area (Å²) < 4.78 is 4.63. The first kappa shape index (κ1) is 13.5. The van der Waals surface area contributed by atoms with E-state index in [9.17, 15) is 4.79 Å². The molecule has 0 unspecified atom stereocenters. The molecule has 0 bridgehead atoms. The van der Waals surface area contributed by atoms with Crippen molar-refractivity contribution in [3.63, 3.8) is 0 Å². The first-order valence-corrected chi connectivity index (χ1v) is 6.24. The molecule has 0 N–H and O–H groups in total. The maximum Gasteiger partial charge on any atom is 0.356 e. The van der Waals surface area contributed by atoms with Gasteiger partial charge in [0.05, 0.1) is 12.8 Å². The van der Waals surface area contributed by atoms with Gasteiger partial charge < -0.3 is 4.74 Å². The highest BCUT2D eigenvalue weighted by Crippen LogP contribution is 2.20. The molecule has 0 saturated carbocycles. The zero-order valence-electron chi connectivity index (χ0n) is 10.7. The average molecular weight is 277 g/mol. The zero-order chi connectivity index (χ0) is 13.8. The number of aromatic nitrogens is 2. The van der Waals surface area contributed by atoms with Crippen molar-refractivity contribution in [1.29, 1.82) is 0 Å². The zero-order valence-corrected chi connectivity index (χ0v) is 11.4. The van der Waals surface area contributed by atoms with Crippen molar-refractivity contribution >= 4 is 17.6 Å². The third-order valence-electron chi connectivity index (χ3n) is 2.75. The van der Waals surface area contributed by atoms with Gasteiger partial charge in [0.2, 0.25) is 5.28 Å². The van der Waals surface area contributed by atoms with Crippen molar-refractivity contribution in [2.45, 2.75) is 13.3 Å². The van der Waals surface area contributed by atoms with E-state index in [4.69, 9.17) is 11.6 Å². The summed E-state index contributed by atoms with van der Waals surface area (Å²) in [6.07, 6.45) is 0.970. The van der Waals surface area contributed by atoms with E-state index in [1.54, 1.807) is 6.07 Å². The fraction of sp³-hybridized carbons (Fsp3) is 0.214. The van der Waals surface area contributed by atoms with Crippen LogP contribution in [0.15, 0.2) is 30.3 Å². The minimum atomic E-state index is -0.532. The summed E-state index contributed by atoms with van der Waals surface area (Å²) in [5, 5.41) is 0.0254. The number of carbonyl (C=O) groups is 1. The molecular formula is C14H13ClN2O2. The van der Waals surface area contributed by atoms with Crippen molar-refractivity contribution < 1.29 is 9.53 Å². The highest BCUT2D eigenvalue weighted by atomic mass is 35.5. The van der Waals surface area contributed by atoms with Gasteiger partial charge in [0.1, 0.15) is 0 Å². The molecule has 1 heterocycles. The Bertz CT molecular complexity index is 597. The fourth-order valence-electron chi connectivity index (χ4n) is 1.69. The van der Waals surface area contributed by atoms with Crippen molar-refractivity contribution in [2.75, 3.05) is 7.11 Å². The van der Waals surface area contributed by atoms with Crippen LogP contribution in [0.4, 0.5) is 0 Å². The summed E-state index contributed by atoms with van der Waals surface area (Å²) >= 11 is 5.83. The van der Waals surface area contributed by atoms with E-state index < -0.39 is 5.97 Å². The maximum absolute atomic E-state index is 11.5. The summed E-state index contributed by atoms with van der Waals surface area (Å²) in [5.41, 5.74) is 2.86. The van der Waals surface area contributed by atoms with Crippen LogP contribution in [0, 0.1) is 0 Å². The fourth-order valence-corrected chi connectivity index (χ4v) is 1.87. The predicted molar refractivity (Wildman–Crippen MR) is 73.2 cm³/mol. The van der Waals surface area contributed by atoms with E-state index in [2.05, 4.69) is 21.6 Å². The Kier molecular flexibility index (Phi) is 4.12. The lowest BCUT2D eigenvalue weighted by atomic mass is 10.1. The third kappa shape index (κ3) is 3.09. The van der Waals surface area contributed by atoms with Gasteiger partial charge in [0.15, 0.2) is 5.69 Å². The van der Waals surface area contributed by atoms with Gasteiger partial charge in [-0.2, -0.15) is 0 Å². The van der Waals surface area contributed by atoms with Crippen molar-refractivity contribution in [2.24, 2.45) is 0 Å². The molecule has 19 heavy (non-hydrogen) atoms. The topological polar surface area (TPSA) is 52.1 Å². The molecule has 1 aromatic heterocycles. The van der Waals surface area contributed by atoms with Crippen LogP contribution in [0.1, 0.15) is 23.0 Å². The molecule has 2 rings (SSSR count). The van der Waals surface area contributed by atoms with Crippen LogP contribution in [-0.2, 0) is 11.2 Å². The number of ether oxygens (including phenoxy) is 1. The van der Waals surface area contributed by atoms with Crippen LogP contribution in [0.3, 0.4) is 0 Å². The molecule has 0 aliphatic rings. The number of nitrogens with zero attached hydrogens (tertiary/aromatic N) is 2. The Balaban J connectivity index is 2.43. The van der Waals surface area contributed by atoms with Crippen molar-refractivity contribution in [1.82, 2.24) is 9.97 Å². The van der Waals surface area contributed by atoms with E-state index in [1.807, 2.05) is 24.3 Å². The predicted octanol–water partition coefficient (Wildman–Crippen LogP) is 3.15. The molecule has 0 saturated heterocycles. The molecule has 1 aromatic carbocycles. The second kappa shape index (κ2) is 5.80. The van der Waals surface area contributed by atoms with Crippen LogP contribution in [-0.4, -0.2) is 23.0 Å². The Morgan fingerprint density at radius 2 is 1.95 bits per heavy atom. The normalized spacial score (nSPS) is 10.3. The molecule has 2 aromatic rings. The number of esters is 1. The second-order valence-electron chi connectivity index (χ2n) is 3.95. The summed E-state index contributed by atoms with van der Waals surface area (Å²) in [5.74, 6) is -0.532. The molecule has 4 nitrogen and oxygen atoms in total. The van der Waals surface area contributed by atoms with E-state index >= 15 is 0 Å². The molecule has 0 spiro atoms. The summed E-state index contributed by atoms with van der Waals surface area (Å²) in [6.45, 7) is 2.09. The van der Waals surface area contributed by atoms with Crippen LogP contribution in [0.5, 0.6) is 0 Å². The molecular weight excluding hydrogens is 264 g/mol. The molecule has 5 heteroatoms. The number of rotatable bonds is 3. The van der Waals surface area contributed by atoms with Crippen molar-refractivity contribution in [3.8, 4) is 11.3 Å². The van der Waals surface area contributed by atoms with Gasteiger partial charge in [-0.1, -0.05) is 31.2 Å². The van der Waals surface area contributed by atoms with E-state index in [0.717, 1.165) is 12.0 Å². The van der Waals surface area contributed by atoms with Gasteiger partial charge in [0, 0.05) is 5.56 Å². The first-order chi connectivity index (χ1) is 9.13. The lowest BCUT2D eigenvalue weighted by Gasteiger charge is -2.05. The highest BCUT2D eigenvalue weighted by molar-refractivity contribution is 6.28. The van der Waals surface area contributed by atoms with Gasteiger partial charge in [-0.05, 0) is 29.7 Å². The minimum Gasteiger partial charge on any atom is -0.464 e. The van der Waals surface area contributed by atoms with Crippen LogP contribution < -0.4 is 0 Å². The lowest BCUT2D eigenvalue weighted by molar-refractivity contribution is 0.0594. The van der Waals surface area contributed by atoms with Gasteiger partial charge in [-0.15, -0.1) is 0 Å². The van der Waals surface area contributed by atoms with Gasteiger partial charge in [-0.3, -0.25) is 0 Å². The molecule has 0 aliphatic carbocycles. The SMILES string of the molecule is CCc1ccc(-c2cc(C(=O)OC)nc(Cl)n2)cc1. The minimum absolute atomic E-state index is 0.0254. The number of benzene rings is 1. The summed E-state index contributed by atoms with van der Waals surface area (Å²) in [4.78, 5) is 19.4. The molecule has 0 amide bonds. The van der Waals surface area contributed by atoms with Gasteiger partial charge >= 0.3 is 5.97 Å². The number of hydrogen-bond donors (Lipinski definition) is 0. The quantitative estimate of drug-likeness (QED) is 0.638. The average Bonchev–Trinajstić information content (AvgIpc) is 2.45. The maximum atomic E-state index is 11.5. The highest BCUT2D eigenvalue weighted by Gasteiger charge is 2.12. The monoisotopic (exact) mass is 276 g/mol. The molecule has 0 atom stereocenters. The lowest BCUT2D eigenvalue weighted by Crippen LogP contribution is -2.05. The van der Waals surface area contributed by atoms with Crippen molar-refractivity contribution in [3.05, 3.63) is 46.9 Å². The van der Waals surface area contributed by atoms with Crippen LogP contribution >= 0.6 is 11.6 Å². The van der Waals surface area contributed by atoms with E-state index in [1.165, 1.54) is 12.7 Å². The van der Waals surface area contributed by atoms with Gasteiger partial charge in [-0.25, -0.2) is 14.8 Å². The molecule has 98 valence electrons. The molecule has 0 aliphatic heterocycles. The largest absolute Gasteiger partial charge is 0.464 e. The summed E-state index contributed by atoms with van der Waals surface area (Å²) in [6, 6.07) is 9.49. The molecule has 0 fully saturated rings. The van der Waals surface area contributed by atoms with E-state index in [-0.39, 0.29) is 11.0 Å². The number of methoxy groups -OCH3 is 1. The first-order valence-electron chi connectivity index (χ1n) is 5.86.